The molecule has 1 aliphatic heterocycles. The number of piperidine rings is 1. The summed E-state index contributed by atoms with van der Waals surface area (Å²) in [5.41, 5.74) is -2.06. The van der Waals surface area contributed by atoms with Crippen molar-refractivity contribution in [3.63, 3.8) is 0 Å². The number of nitrogens with zero attached hydrogens (tertiary/aromatic N) is 5. The first kappa shape index (κ1) is 53.2. The lowest BCUT2D eigenvalue weighted by molar-refractivity contribution is -0.156. The van der Waals surface area contributed by atoms with Gasteiger partial charge in [-0.25, -0.2) is 48.0 Å². The molecule has 3 heterocycles. The highest BCUT2D eigenvalue weighted by atomic mass is 35.5. The van der Waals surface area contributed by atoms with E-state index in [1.165, 1.54) is 19.0 Å². The molecule has 25 heteroatoms. The number of rotatable bonds is 8. The molecule has 0 bridgehead atoms. The van der Waals surface area contributed by atoms with Crippen LogP contribution in [0.15, 0.2) is 22.2 Å². The minimum atomic E-state index is -4.64. The Morgan fingerprint density at radius 1 is 0.759 bits per heavy atom. The molecule has 1 saturated carbocycles. The summed E-state index contributed by atoms with van der Waals surface area (Å²) in [7, 11) is -6.55. The first-order valence-electron chi connectivity index (χ1n) is 17.5. The third-order valence-electron chi connectivity index (χ3n) is 9.10. The fraction of sp³-hybridized carbons (Fsp3) is 0.758. The SMILES string of the molecule is ClCCl.Cn1nc(C(F)F)cc1S(=O)(=O)C(C)(F)C1CCCCC1.Cn1nc(C(F)F)cc1S(=O)(=O)C(C)(F)C1CCN(C(=O)OC(C)(C)C)CC1.O=CC(F)(F)F. The first-order chi connectivity index (χ1) is 26.3. The van der Waals surface area contributed by atoms with Crippen LogP contribution in [0.25, 0.3) is 0 Å². The van der Waals surface area contributed by atoms with Crippen molar-refractivity contribution < 1.29 is 70.7 Å². The van der Waals surface area contributed by atoms with Crippen LogP contribution in [0.1, 0.15) is 104 Å². The average molecular weight is 933 g/mol. The molecule has 2 aliphatic rings. The lowest BCUT2D eigenvalue weighted by Crippen LogP contribution is -2.48. The second-order valence-corrected chi connectivity index (χ2v) is 19.7. The quantitative estimate of drug-likeness (QED) is 0.144. The number of amides is 1. The van der Waals surface area contributed by atoms with Crippen LogP contribution in [0, 0.1) is 11.8 Å². The van der Waals surface area contributed by atoms with Crippen LogP contribution in [0.3, 0.4) is 0 Å². The largest absolute Gasteiger partial charge is 0.446 e. The number of aldehydes is 1. The third-order valence-corrected chi connectivity index (χ3v) is 13.7. The number of likely N-dealkylation sites (tertiary alicyclic amines) is 1. The Hall–Kier alpha value is -2.79. The number of aromatic nitrogens is 4. The van der Waals surface area contributed by atoms with Crippen LogP contribution in [0.4, 0.5) is 44.3 Å². The van der Waals surface area contributed by atoms with Crippen molar-refractivity contribution in [2.45, 2.75) is 124 Å². The lowest BCUT2D eigenvalue weighted by atomic mass is 9.86. The normalized spacial score (nSPS) is 18.1. The molecule has 4 rings (SSSR count). The van der Waals surface area contributed by atoms with Gasteiger partial charge in [-0.05, 0) is 60.3 Å². The second kappa shape index (κ2) is 21.1. The summed E-state index contributed by atoms with van der Waals surface area (Å²) in [5.74, 6) is -1.51. The Bertz CT molecular complexity index is 1860. The van der Waals surface area contributed by atoms with Gasteiger partial charge < -0.3 is 9.64 Å². The van der Waals surface area contributed by atoms with E-state index < -0.39 is 100.0 Å². The summed E-state index contributed by atoms with van der Waals surface area (Å²) >= 11 is 9.53. The van der Waals surface area contributed by atoms with Gasteiger partial charge in [0.25, 0.3) is 12.9 Å². The van der Waals surface area contributed by atoms with E-state index in [2.05, 4.69) is 10.2 Å². The highest BCUT2D eigenvalue weighted by Gasteiger charge is 2.51. The molecule has 0 N–H and O–H groups in total. The minimum Gasteiger partial charge on any atom is -0.444 e. The highest BCUT2D eigenvalue weighted by molar-refractivity contribution is 7.92. The van der Waals surface area contributed by atoms with Crippen LogP contribution < -0.4 is 0 Å². The molecular formula is C33H48Cl2F9N5O7S2. The van der Waals surface area contributed by atoms with Crippen molar-refractivity contribution in [3.8, 4) is 0 Å². The summed E-state index contributed by atoms with van der Waals surface area (Å²) in [4.78, 5) is 22.2. The van der Waals surface area contributed by atoms with Gasteiger partial charge in [0.1, 0.15) is 17.0 Å². The summed E-state index contributed by atoms with van der Waals surface area (Å²) in [5, 5.41) is 0.853. The molecule has 1 saturated heterocycles. The van der Waals surface area contributed by atoms with Gasteiger partial charge in [-0.3, -0.25) is 14.2 Å². The third kappa shape index (κ3) is 14.2. The molecule has 1 aliphatic carbocycles. The van der Waals surface area contributed by atoms with Gasteiger partial charge in [0.05, 0.1) is 5.34 Å². The van der Waals surface area contributed by atoms with Crippen LogP contribution >= 0.6 is 23.2 Å². The van der Waals surface area contributed by atoms with E-state index in [-0.39, 0.29) is 31.3 Å². The first-order valence-corrected chi connectivity index (χ1v) is 21.5. The van der Waals surface area contributed by atoms with E-state index in [0.717, 1.165) is 48.5 Å². The zero-order valence-corrected chi connectivity index (χ0v) is 35.8. The highest BCUT2D eigenvalue weighted by Crippen LogP contribution is 2.42. The molecular weight excluding hydrogens is 884 g/mol. The van der Waals surface area contributed by atoms with Crippen molar-refractivity contribution in [3.05, 3.63) is 23.5 Å². The molecule has 0 spiro atoms. The van der Waals surface area contributed by atoms with Crippen molar-refractivity contribution in [1.82, 2.24) is 24.5 Å². The number of carbonyl (C=O) groups excluding carboxylic acids is 2. The molecule has 336 valence electrons. The zero-order valence-electron chi connectivity index (χ0n) is 32.7. The van der Waals surface area contributed by atoms with Gasteiger partial charge in [0.15, 0.2) is 10.1 Å². The molecule has 2 aromatic rings. The Balaban J connectivity index is 0.000000491. The van der Waals surface area contributed by atoms with Crippen LogP contribution in [-0.2, 0) is 43.3 Å². The van der Waals surface area contributed by atoms with Crippen molar-refractivity contribution in [2.75, 3.05) is 18.4 Å². The van der Waals surface area contributed by atoms with Gasteiger partial charge in [0.2, 0.25) is 36.0 Å². The monoisotopic (exact) mass is 931 g/mol. The van der Waals surface area contributed by atoms with Gasteiger partial charge in [-0.2, -0.15) is 23.4 Å². The van der Waals surface area contributed by atoms with Gasteiger partial charge in [-0.15, -0.1) is 23.2 Å². The standard InChI is InChI=1S/C17H26F3N3O4S.C13H19F3N2O2S.C2HF3O.CH2Cl2/c1-16(2,3)27-15(24)23-8-6-11(7-9-23)17(4,20)28(25,26)13-10-12(14(18)19)21-22(13)5;1-13(16,9-6-4-3-5-7-9)21(19,20)11-8-10(12(14)15)17-18(11)2;3-2(4,5)1-6;2-1-3/h10-11,14H,6-9H2,1-5H3;8-9,12H,3-7H2,1-2H3;1H;1H2. The van der Waals surface area contributed by atoms with Gasteiger partial charge in [-0.1, -0.05) is 19.3 Å². The number of hydrogen-bond donors (Lipinski definition) is 0. The second-order valence-electron chi connectivity index (χ2n) is 14.5. The van der Waals surface area contributed by atoms with E-state index >= 15 is 8.78 Å². The molecule has 1 amide bonds. The number of carbonyl (C=O) groups is 2. The van der Waals surface area contributed by atoms with Crippen LogP contribution in [0.5, 0.6) is 0 Å². The van der Waals surface area contributed by atoms with E-state index in [0.29, 0.717) is 18.9 Å². The van der Waals surface area contributed by atoms with E-state index in [1.54, 1.807) is 20.8 Å². The van der Waals surface area contributed by atoms with E-state index in [9.17, 15) is 52.4 Å². The van der Waals surface area contributed by atoms with Crippen LogP contribution in [-0.4, -0.2) is 93.9 Å². The maximum atomic E-state index is 15.5. The maximum Gasteiger partial charge on any atom is 0.446 e. The van der Waals surface area contributed by atoms with E-state index in [4.69, 9.17) is 32.7 Å². The molecule has 2 atom stereocenters. The molecule has 2 fully saturated rings. The average Bonchev–Trinajstić information content (AvgIpc) is 3.72. The number of aryl methyl sites for hydroxylation is 2. The Morgan fingerprint density at radius 3 is 1.36 bits per heavy atom. The number of hydrogen-bond acceptors (Lipinski definition) is 9. The van der Waals surface area contributed by atoms with Crippen molar-refractivity contribution in [1.29, 1.82) is 0 Å². The summed E-state index contributed by atoms with van der Waals surface area (Å²) in [6.45, 7) is 7.43. The number of sulfone groups is 2. The lowest BCUT2D eigenvalue weighted by Gasteiger charge is -2.37. The fourth-order valence-corrected chi connectivity index (χ4v) is 9.53. The predicted octanol–water partition coefficient (Wildman–Crippen LogP) is 9.03. The van der Waals surface area contributed by atoms with E-state index in [1.807, 2.05) is 0 Å². The molecule has 2 aromatic heterocycles. The number of ether oxygens (including phenoxy) is 1. The Labute approximate surface area is 341 Å². The molecule has 12 nitrogen and oxygen atoms in total. The van der Waals surface area contributed by atoms with Crippen LogP contribution in [0.2, 0.25) is 0 Å². The minimum absolute atomic E-state index is 0.102. The number of alkyl halides is 11. The fourth-order valence-electron chi connectivity index (χ4n) is 6.03. The number of halogens is 11. The maximum absolute atomic E-state index is 15.5. The topological polar surface area (TPSA) is 151 Å². The predicted molar refractivity (Wildman–Crippen MR) is 196 cm³/mol. The molecule has 58 heavy (non-hydrogen) atoms. The van der Waals surface area contributed by atoms with Crippen molar-refractivity contribution >= 4 is 55.3 Å². The summed E-state index contributed by atoms with van der Waals surface area (Å²) in [6.07, 6.45) is -8.36. The smallest absolute Gasteiger partial charge is 0.444 e. The Kier molecular flexibility index (Phi) is 19.4. The summed E-state index contributed by atoms with van der Waals surface area (Å²) < 4.78 is 170. The zero-order chi connectivity index (χ0) is 45.2. The molecule has 2 unspecified atom stereocenters. The van der Waals surface area contributed by atoms with Crippen molar-refractivity contribution in [2.24, 2.45) is 25.9 Å². The Morgan fingerprint density at radius 2 is 1.09 bits per heavy atom. The molecule has 0 aromatic carbocycles. The van der Waals surface area contributed by atoms with Gasteiger partial charge >= 0.3 is 12.3 Å². The molecule has 0 radical (unpaired) electrons. The summed E-state index contributed by atoms with van der Waals surface area (Å²) in [6, 6.07) is 1.47. The van der Waals surface area contributed by atoms with Gasteiger partial charge in [0, 0.05) is 51.2 Å².